The van der Waals surface area contributed by atoms with Crippen LogP contribution in [-0.4, -0.2) is 40.9 Å². The lowest BCUT2D eigenvalue weighted by Gasteiger charge is -2.35. The molecule has 3 aromatic rings. The average molecular weight is 429 g/mol. The van der Waals surface area contributed by atoms with E-state index in [1.807, 2.05) is 18.2 Å². The molecule has 0 saturated heterocycles. The van der Waals surface area contributed by atoms with Gasteiger partial charge in [-0.15, -0.1) is 0 Å². The number of pyridine rings is 1. The molecule has 7 nitrogen and oxygen atoms in total. The topological polar surface area (TPSA) is 96.1 Å². The van der Waals surface area contributed by atoms with Crippen molar-refractivity contribution in [2.45, 2.75) is 12.5 Å². The fraction of sp³-hybridized carbons (Fsp3) is 0.211. The van der Waals surface area contributed by atoms with E-state index >= 15 is 0 Å². The fourth-order valence-electron chi connectivity index (χ4n) is 3.27. The smallest absolute Gasteiger partial charge is 0.252 e. The number of H-pyrrole nitrogens is 1. The van der Waals surface area contributed by atoms with Crippen LogP contribution in [0.4, 0.5) is 11.4 Å². The van der Waals surface area contributed by atoms with Crippen molar-refractivity contribution in [3.63, 3.8) is 0 Å². The van der Waals surface area contributed by atoms with Gasteiger partial charge in [0.25, 0.3) is 5.91 Å². The highest BCUT2D eigenvalue weighted by Gasteiger charge is 2.39. The van der Waals surface area contributed by atoms with Gasteiger partial charge in [-0.05, 0) is 19.1 Å². The number of aromatic amines is 1. The van der Waals surface area contributed by atoms with Crippen molar-refractivity contribution in [2.24, 2.45) is 0 Å². The number of anilines is 2. The number of hydrogen-bond acceptors (Lipinski definition) is 5. The van der Waals surface area contributed by atoms with E-state index in [1.54, 1.807) is 25.4 Å². The van der Waals surface area contributed by atoms with Gasteiger partial charge in [-0.1, -0.05) is 28.1 Å². The van der Waals surface area contributed by atoms with Crippen LogP contribution < -0.4 is 10.6 Å². The average Bonchev–Trinajstić information content (AvgIpc) is 3.07. The van der Waals surface area contributed by atoms with Crippen molar-refractivity contribution in [3.05, 3.63) is 52.3 Å². The number of nitrogens with zero attached hydrogens (tertiary/aromatic N) is 1. The molecule has 0 aliphatic carbocycles. The predicted molar refractivity (Wildman–Crippen MR) is 106 cm³/mol. The zero-order valence-corrected chi connectivity index (χ0v) is 16.3. The standard InChI is InChI=1S/C19H17BrN4O3/c1-19(9-27-2)18(26)23-13-8-22-17-14(15(13)24-19)11(7-21-17)16(25)10-5-3-4-6-12(10)20/h3-8,24H,9H2,1-2H3,(H,21,22)(H,23,26)/t19-/m0/s1. The first-order valence-corrected chi connectivity index (χ1v) is 9.12. The zero-order chi connectivity index (χ0) is 19.2. The molecule has 4 rings (SSSR count). The fourth-order valence-corrected chi connectivity index (χ4v) is 3.74. The highest BCUT2D eigenvalue weighted by Crippen LogP contribution is 2.38. The Morgan fingerprint density at radius 3 is 2.81 bits per heavy atom. The van der Waals surface area contributed by atoms with Crippen LogP contribution in [0.25, 0.3) is 11.0 Å². The number of rotatable bonds is 4. The molecule has 0 radical (unpaired) electrons. The Kier molecular flexibility index (Phi) is 4.24. The molecule has 0 saturated carbocycles. The third-order valence-electron chi connectivity index (χ3n) is 4.65. The summed E-state index contributed by atoms with van der Waals surface area (Å²) in [4.78, 5) is 33.0. The Balaban J connectivity index is 1.89. The summed E-state index contributed by atoms with van der Waals surface area (Å²) in [6, 6.07) is 7.25. The van der Waals surface area contributed by atoms with Crippen molar-refractivity contribution < 1.29 is 14.3 Å². The van der Waals surface area contributed by atoms with Crippen molar-refractivity contribution in [3.8, 4) is 0 Å². The van der Waals surface area contributed by atoms with Gasteiger partial charge < -0.3 is 20.4 Å². The maximum Gasteiger partial charge on any atom is 0.252 e. The van der Waals surface area contributed by atoms with Gasteiger partial charge in [0.2, 0.25) is 0 Å². The summed E-state index contributed by atoms with van der Waals surface area (Å²) in [5.41, 5.74) is 1.81. The Morgan fingerprint density at radius 1 is 1.30 bits per heavy atom. The number of nitrogens with one attached hydrogen (secondary N) is 3. The van der Waals surface area contributed by atoms with Crippen LogP contribution in [0.5, 0.6) is 0 Å². The summed E-state index contributed by atoms with van der Waals surface area (Å²) in [5, 5.41) is 6.74. The van der Waals surface area contributed by atoms with Crippen LogP contribution in [0, 0.1) is 0 Å². The Morgan fingerprint density at radius 2 is 2.07 bits per heavy atom. The summed E-state index contributed by atoms with van der Waals surface area (Å²) in [6.45, 7) is 1.93. The number of ketones is 1. The third kappa shape index (κ3) is 2.81. The lowest BCUT2D eigenvalue weighted by molar-refractivity contribution is -0.121. The van der Waals surface area contributed by atoms with E-state index < -0.39 is 5.54 Å². The molecular weight excluding hydrogens is 412 g/mol. The molecule has 3 heterocycles. The van der Waals surface area contributed by atoms with Crippen LogP contribution in [-0.2, 0) is 9.53 Å². The van der Waals surface area contributed by atoms with Gasteiger partial charge >= 0.3 is 0 Å². The Labute approximate surface area is 163 Å². The lowest BCUT2D eigenvalue weighted by Crippen LogP contribution is -2.53. The van der Waals surface area contributed by atoms with E-state index in [1.165, 1.54) is 7.11 Å². The van der Waals surface area contributed by atoms with Crippen molar-refractivity contribution in [1.29, 1.82) is 0 Å². The number of carbonyl (C=O) groups excluding carboxylic acids is 2. The summed E-state index contributed by atoms with van der Waals surface area (Å²) >= 11 is 3.43. The van der Waals surface area contributed by atoms with Crippen LogP contribution in [0.3, 0.4) is 0 Å². The lowest BCUT2D eigenvalue weighted by atomic mass is 9.96. The second-order valence-corrected chi connectivity index (χ2v) is 7.48. The highest BCUT2D eigenvalue weighted by atomic mass is 79.9. The molecule has 1 aliphatic rings. The van der Waals surface area contributed by atoms with E-state index in [0.29, 0.717) is 38.0 Å². The molecule has 1 atom stereocenters. The van der Waals surface area contributed by atoms with Gasteiger partial charge in [0.1, 0.15) is 11.2 Å². The van der Waals surface area contributed by atoms with Gasteiger partial charge in [-0.3, -0.25) is 9.59 Å². The Hall–Kier alpha value is -2.71. The third-order valence-corrected chi connectivity index (χ3v) is 5.34. The SMILES string of the molecule is COC[C@]1(C)Nc2c(cnc3[nH]cc(C(=O)c4ccccc4Br)c23)NC1=O. The normalized spacial score (nSPS) is 18.7. The predicted octanol–water partition coefficient (Wildman–Crippen LogP) is 3.33. The van der Waals surface area contributed by atoms with E-state index in [4.69, 9.17) is 4.74 Å². The van der Waals surface area contributed by atoms with Gasteiger partial charge in [-0.25, -0.2) is 4.98 Å². The number of halogens is 1. The first-order chi connectivity index (χ1) is 12.9. The molecule has 138 valence electrons. The molecule has 2 aromatic heterocycles. The summed E-state index contributed by atoms with van der Waals surface area (Å²) in [5.74, 6) is -0.358. The van der Waals surface area contributed by atoms with E-state index in [-0.39, 0.29) is 18.3 Å². The molecule has 8 heteroatoms. The number of methoxy groups -OCH3 is 1. The number of aromatic nitrogens is 2. The number of carbonyl (C=O) groups is 2. The monoisotopic (exact) mass is 428 g/mol. The number of benzene rings is 1. The first kappa shape index (κ1) is 17.7. The van der Waals surface area contributed by atoms with Crippen LogP contribution in [0.2, 0.25) is 0 Å². The largest absolute Gasteiger partial charge is 0.382 e. The minimum atomic E-state index is -0.957. The van der Waals surface area contributed by atoms with Gasteiger partial charge in [0, 0.05) is 23.3 Å². The van der Waals surface area contributed by atoms with E-state index in [0.717, 1.165) is 0 Å². The van der Waals surface area contributed by atoms with E-state index in [9.17, 15) is 9.59 Å². The molecule has 27 heavy (non-hydrogen) atoms. The van der Waals surface area contributed by atoms with E-state index in [2.05, 4.69) is 36.5 Å². The number of hydrogen-bond donors (Lipinski definition) is 3. The van der Waals surface area contributed by atoms with Gasteiger partial charge in [0.15, 0.2) is 5.78 Å². The molecule has 0 bridgehead atoms. The molecule has 3 N–H and O–H groups in total. The van der Waals surface area contributed by atoms with Crippen molar-refractivity contribution in [1.82, 2.24) is 9.97 Å². The number of amides is 1. The molecule has 0 unspecified atom stereocenters. The highest BCUT2D eigenvalue weighted by molar-refractivity contribution is 9.10. The quantitative estimate of drug-likeness (QED) is 0.553. The number of fused-ring (bicyclic) bond motifs is 3. The van der Waals surface area contributed by atoms with Gasteiger partial charge in [-0.2, -0.15) is 0 Å². The van der Waals surface area contributed by atoms with Crippen LogP contribution in [0.1, 0.15) is 22.8 Å². The second-order valence-electron chi connectivity index (χ2n) is 6.63. The van der Waals surface area contributed by atoms with Gasteiger partial charge in [0.05, 0.1) is 35.1 Å². The maximum atomic E-state index is 13.2. The van der Waals surface area contributed by atoms with Crippen LogP contribution >= 0.6 is 15.9 Å². The maximum absolute atomic E-state index is 13.2. The molecule has 1 amide bonds. The zero-order valence-electron chi connectivity index (χ0n) is 14.7. The number of ether oxygens (including phenoxy) is 1. The van der Waals surface area contributed by atoms with Crippen molar-refractivity contribution >= 4 is 50.0 Å². The first-order valence-electron chi connectivity index (χ1n) is 8.32. The molecule has 1 aliphatic heterocycles. The minimum Gasteiger partial charge on any atom is -0.382 e. The van der Waals surface area contributed by atoms with Crippen LogP contribution in [0.15, 0.2) is 41.1 Å². The minimum absolute atomic E-state index is 0.143. The molecule has 1 aromatic carbocycles. The van der Waals surface area contributed by atoms with Crippen molar-refractivity contribution in [2.75, 3.05) is 24.4 Å². The molecule has 0 spiro atoms. The summed E-state index contributed by atoms with van der Waals surface area (Å²) < 4.78 is 5.92. The second kappa shape index (κ2) is 6.47. The Bertz CT molecular complexity index is 1080. The molecule has 0 fully saturated rings. The summed E-state index contributed by atoms with van der Waals surface area (Å²) in [6.07, 6.45) is 3.21. The molecular formula is C19H17BrN4O3. The summed E-state index contributed by atoms with van der Waals surface area (Å²) in [7, 11) is 1.54.